The van der Waals surface area contributed by atoms with Crippen molar-refractivity contribution in [3.05, 3.63) is 57.4 Å². The van der Waals surface area contributed by atoms with E-state index in [4.69, 9.17) is 0 Å². The number of hydrogen-bond acceptors (Lipinski definition) is 2. The number of aromatic nitrogens is 1. The maximum atomic E-state index is 12.0. The van der Waals surface area contributed by atoms with Crippen molar-refractivity contribution >= 4 is 5.97 Å². The Morgan fingerprint density at radius 3 is 2.39 bits per heavy atom. The van der Waals surface area contributed by atoms with Gasteiger partial charge in [-0.2, -0.15) is 0 Å². The molecule has 4 nitrogen and oxygen atoms in total. The highest BCUT2D eigenvalue weighted by molar-refractivity contribution is 5.91. The summed E-state index contributed by atoms with van der Waals surface area (Å²) in [6.45, 7) is 9.58. The lowest BCUT2D eigenvalue weighted by Gasteiger charge is -2.17. The first-order valence-corrected chi connectivity index (χ1v) is 10.6. The summed E-state index contributed by atoms with van der Waals surface area (Å²) in [5.41, 5.74) is 7.07. The third kappa shape index (κ3) is 4.49. The molecule has 0 aliphatic heterocycles. The fraction of sp³-hybridized carbons (Fsp3) is 0.542. The third-order valence-corrected chi connectivity index (χ3v) is 6.38. The summed E-state index contributed by atoms with van der Waals surface area (Å²) in [5, 5.41) is 13.6. The van der Waals surface area contributed by atoms with E-state index in [2.05, 4.69) is 48.9 Å². The molecule has 152 valence electrons. The highest BCUT2D eigenvalue weighted by atomic mass is 16.4. The van der Waals surface area contributed by atoms with Crippen molar-refractivity contribution in [2.24, 2.45) is 0 Å². The Labute approximate surface area is 169 Å². The molecule has 0 atom stereocenters. The van der Waals surface area contributed by atoms with Crippen LogP contribution in [0.1, 0.15) is 82.5 Å². The number of aromatic carboxylic acids is 1. The van der Waals surface area contributed by atoms with E-state index in [1.807, 2.05) is 6.92 Å². The van der Waals surface area contributed by atoms with E-state index in [0.29, 0.717) is 18.2 Å². The third-order valence-electron chi connectivity index (χ3n) is 6.38. The van der Waals surface area contributed by atoms with E-state index >= 15 is 0 Å². The minimum absolute atomic E-state index is 0.476. The largest absolute Gasteiger partial charge is 0.478 e. The van der Waals surface area contributed by atoms with E-state index in [9.17, 15) is 9.90 Å². The van der Waals surface area contributed by atoms with E-state index in [0.717, 1.165) is 23.5 Å². The molecule has 1 aromatic heterocycles. The Kier molecular flexibility index (Phi) is 6.61. The summed E-state index contributed by atoms with van der Waals surface area (Å²) in [5.74, 6) is -0.821. The van der Waals surface area contributed by atoms with Gasteiger partial charge in [0.2, 0.25) is 0 Å². The van der Waals surface area contributed by atoms with Crippen molar-refractivity contribution in [1.82, 2.24) is 9.88 Å². The Balaban J connectivity index is 1.88. The SMILES string of the molecule is Cc1ccc(C)c(Cn2c(C)c(CNC3CCCCCC3)c(C(=O)O)c2C)c1. The van der Waals surface area contributed by atoms with E-state index in [1.165, 1.54) is 55.2 Å². The van der Waals surface area contributed by atoms with Gasteiger partial charge in [-0.15, -0.1) is 0 Å². The second-order valence-corrected chi connectivity index (χ2v) is 8.41. The quantitative estimate of drug-likeness (QED) is 0.668. The van der Waals surface area contributed by atoms with Crippen LogP contribution in [0.4, 0.5) is 0 Å². The van der Waals surface area contributed by atoms with Crippen molar-refractivity contribution < 1.29 is 9.90 Å². The van der Waals surface area contributed by atoms with Gasteiger partial charge >= 0.3 is 5.97 Å². The summed E-state index contributed by atoms with van der Waals surface area (Å²) in [6.07, 6.45) is 7.59. The molecule has 1 fully saturated rings. The number of aryl methyl sites for hydroxylation is 2. The first-order valence-electron chi connectivity index (χ1n) is 10.6. The molecule has 0 saturated heterocycles. The maximum Gasteiger partial charge on any atom is 0.337 e. The van der Waals surface area contributed by atoms with Crippen LogP contribution in [0.25, 0.3) is 0 Å². The van der Waals surface area contributed by atoms with Crippen LogP contribution < -0.4 is 5.32 Å². The van der Waals surface area contributed by atoms with Gasteiger partial charge in [0.15, 0.2) is 0 Å². The molecule has 1 aliphatic rings. The van der Waals surface area contributed by atoms with Crippen LogP contribution in [0.3, 0.4) is 0 Å². The number of carboxylic acid groups (broad SMARTS) is 1. The summed E-state index contributed by atoms with van der Waals surface area (Å²) < 4.78 is 2.18. The van der Waals surface area contributed by atoms with Gasteiger partial charge in [0.1, 0.15) is 0 Å². The second kappa shape index (κ2) is 8.95. The molecule has 0 bridgehead atoms. The molecule has 0 spiro atoms. The summed E-state index contributed by atoms with van der Waals surface area (Å²) in [6, 6.07) is 6.98. The number of carboxylic acids is 1. The smallest absolute Gasteiger partial charge is 0.337 e. The van der Waals surface area contributed by atoms with E-state index < -0.39 is 5.97 Å². The van der Waals surface area contributed by atoms with Gasteiger partial charge in [0.25, 0.3) is 0 Å². The van der Waals surface area contributed by atoms with Crippen LogP contribution in [-0.2, 0) is 13.1 Å². The lowest BCUT2D eigenvalue weighted by Crippen LogP contribution is -2.28. The number of nitrogens with zero attached hydrogens (tertiary/aromatic N) is 1. The predicted octanol–water partition coefficient (Wildman–Crippen LogP) is 5.28. The molecule has 28 heavy (non-hydrogen) atoms. The zero-order chi connectivity index (χ0) is 20.3. The molecular weight excluding hydrogens is 348 g/mol. The lowest BCUT2D eigenvalue weighted by molar-refractivity contribution is 0.0694. The Bertz CT molecular complexity index is 843. The molecule has 0 unspecified atom stereocenters. The zero-order valence-electron chi connectivity index (χ0n) is 17.8. The first kappa shape index (κ1) is 20.7. The molecule has 4 heteroatoms. The Morgan fingerprint density at radius 1 is 1.07 bits per heavy atom. The van der Waals surface area contributed by atoms with Gasteiger partial charge in [0.05, 0.1) is 5.56 Å². The normalized spacial score (nSPS) is 15.6. The Morgan fingerprint density at radius 2 is 1.75 bits per heavy atom. The molecular formula is C24H34N2O2. The van der Waals surface area contributed by atoms with Crippen LogP contribution in [-0.4, -0.2) is 21.7 Å². The summed E-state index contributed by atoms with van der Waals surface area (Å²) in [7, 11) is 0. The number of benzene rings is 1. The average Bonchev–Trinajstić information content (AvgIpc) is 2.83. The molecule has 1 aromatic carbocycles. The molecule has 1 saturated carbocycles. The fourth-order valence-electron chi connectivity index (χ4n) is 4.56. The lowest BCUT2D eigenvalue weighted by atomic mass is 10.1. The highest BCUT2D eigenvalue weighted by Crippen LogP contribution is 2.26. The average molecular weight is 383 g/mol. The topological polar surface area (TPSA) is 54.3 Å². The van der Waals surface area contributed by atoms with Gasteiger partial charge in [-0.1, -0.05) is 49.4 Å². The van der Waals surface area contributed by atoms with Crippen molar-refractivity contribution in [2.45, 2.75) is 85.4 Å². The Hall–Kier alpha value is -2.07. The molecule has 2 N–H and O–H groups in total. The number of rotatable bonds is 6. The van der Waals surface area contributed by atoms with E-state index in [-0.39, 0.29) is 0 Å². The van der Waals surface area contributed by atoms with Crippen molar-refractivity contribution in [2.75, 3.05) is 0 Å². The van der Waals surface area contributed by atoms with E-state index in [1.54, 1.807) is 0 Å². The number of carbonyl (C=O) groups is 1. The standard InChI is InChI=1S/C24H34N2O2/c1-16-11-12-17(2)20(13-16)15-26-18(3)22(23(19(26)4)24(27)28)14-25-21-9-7-5-6-8-10-21/h11-13,21,25H,5-10,14-15H2,1-4H3,(H,27,28). The van der Waals surface area contributed by atoms with Crippen molar-refractivity contribution in [3.8, 4) is 0 Å². The molecule has 0 radical (unpaired) electrons. The second-order valence-electron chi connectivity index (χ2n) is 8.41. The monoisotopic (exact) mass is 382 g/mol. The van der Waals surface area contributed by atoms with Gasteiger partial charge < -0.3 is 15.0 Å². The molecule has 1 heterocycles. The molecule has 2 aromatic rings. The van der Waals surface area contributed by atoms with Crippen molar-refractivity contribution in [1.29, 1.82) is 0 Å². The van der Waals surface area contributed by atoms with Crippen LogP contribution in [0.2, 0.25) is 0 Å². The zero-order valence-corrected chi connectivity index (χ0v) is 17.8. The highest BCUT2D eigenvalue weighted by Gasteiger charge is 2.23. The van der Waals surface area contributed by atoms with Crippen LogP contribution in [0, 0.1) is 27.7 Å². The fourth-order valence-corrected chi connectivity index (χ4v) is 4.56. The number of hydrogen-bond donors (Lipinski definition) is 2. The first-order chi connectivity index (χ1) is 13.4. The van der Waals surface area contributed by atoms with Crippen molar-refractivity contribution in [3.63, 3.8) is 0 Å². The predicted molar refractivity (Wildman–Crippen MR) is 114 cm³/mol. The van der Waals surface area contributed by atoms with Crippen LogP contribution >= 0.6 is 0 Å². The minimum Gasteiger partial charge on any atom is -0.478 e. The van der Waals surface area contributed by atoms with Gasteiger partial charge in [-0.05, 0) is 51.7 Å². The van der Waals surface area contributed by atoms with Gasteiger partial charge in [0, 0.05) is 36.1 Å². The van der Waals surface area contributed by atoms with Crippen LogP contribution in [0.15, 0.2) is 18.2 Å². The molecule has 0 amide bonds. The van der Waals surface area contributed by atoms with Gasteiger partial charge in [-0.25, -0.2) is 4.79 Å². The molecule has 3 rings (SSSR count). The summed E-state index contributed by atoms with van der Waals surface area (Å²) >= 11 is 0. The van der Waals surface area contributed by atoms with Crippen LogP contribution in [0.5, 0.6) is 0 Å². The maximum absolute atomic E-state index is 12.0. The minimum atomic E-state index is -0.821. The molecule has 1 aliphatic carbocycles. The number of nitrogens with one attached hydrogen (secondary N) is 1. The summed E-state index contributed by atoms with van der Waals surface area (Å²) in [4.78, 5) is 12.0. The van der Waals surface area contributed by atoms with Gasteiger partial charge in [-0.3, -0.25) is 0 Å².